The summed E-state index contributed by atoms with van der Waals surface area (Å²) in [6, 6.07) is 29.9. The van der Waals surface area contributed by atoms with Gasteiger partial charge in [-0.3, -0.25) is 10.2 Å². The van der Waals surface area contributed by atoms with Crippen LogP contribution in [0, 0.1) is 0 Å². The van der Waals surface area contributed by atoms with E-state index in [0.717, 1.165) is 11.1 Å². The van der Waals surface area contributed by atoms with Crippen LogP contribution in [-0.2, 0) is 22.6 Å². The number of methoxy groups -OCH3 is 2. The molecule has 0 spiro atoms. The van der Waals surface area contributed by atoms with Gasteiger partial charge in [0.1, 0.15) is 17.2 Å². The first-order valence-electron chi connectivity index (χ1n) is 16.2. The van der Waals surface area contributed by atoms with Crippen molar-refractivity contribution in [1.29, 1.82) is 0 Å². The maximum Gasteiger partial charge on any atom is 0.266 e. The number of ether oxygens (including phenoxy) is 4. The summed E-state index contributed by atoms with van der Waals surface area (Å²) in [4.78, 5) is 22.6. The molecule has 12 heteroatoms. The van der Waals surface area contributed by atoms with Gasteiger partial charge in [-0.25, -0.2) is 10.4 Å². The molecule has 0 saturated carbocycles. The third-order valence-electron chi connectivity index (χ3n) is 8.12. The number of benzene rings is 4. The molecule has 1 aliphatic rings. The summed E-state index contributed by atoms with van der Waals surface area (Å²) < 4.78 is 23.2. The van der Waals surface area contributed by atoms with Crippen LogP contribution < -0.4 is 25.1 Å². The standard InChI is InChI=1S/C38H40N6O6/c1-47-32-22-28(23-33(24-32)48-2)25-40-43-37(46)38(19-8-12-27-10-4-3-5-11-27)35(34-14-7-6-13-30(34)26-41-44-39)50-36(42-38)29-15-17-31(18-16-29)49-21-9-20-45/h3-8,10-18,22-24,35,40,45H,9,19-21,25-26H2,1-2H3,(H,43,46)/b12-8+/t35-,38-/m0/s1. The second-order valence-corrected chi connectivity index (χ2v) is 11.4. The predicted molar refractivity (Wildman–Crippen MR) is 191 cm³/mol. The fourth-order valence-electron chi connectivity index (χ4n) is 5.58. The number of hydrazine groups is 1. The number of hydrogen-bond donors (Lipinski definition) is 3. The summed E-state index contributed by atoms with van der Waals surface area (Å²) >= 11 is 0. The maximum atomic E-state index is 14.6. The average molecular weight is 677 g/mol. The number of aliphatic imine (C=N–C) groups is 1. The van der Waals surface area contributed by atoms with Crippen molar-refractivity contribution in [2.75, 3.05) is 27.4 Å². The Morgan fingerprint density at radius 3 is 2.42 bits per heavy atom. The van der Waals surface area contributed by atoms with Gasteiger partial charge in [0, 0.05) is 42.5 Å². The van der Waals surface area contributed by atoms with Gasteiger partial charge in [-0.1, -0.05) is 71.9 Å². The van der Waals surface area contributed by atoms with Gasteiger partial charge in [0.2, 0.25) is 5.90 Å². The first-order valence-corrected chi connectivity index (χ1v) is 16.2. The van der Waals surface area contributed by atoms with E-state index in [1.54, 1.807) is 32.4 Å². The lowest BCUT2D eigenvalue weighted by atomic mass is 9.82. The summed E-state index contributed by atoms with van der Waals surface area (Å²) in [6.07, 6.45) is 3.66. The Kier molecular flexibility index (Phi) is 12.5. The maximum absolute atomic E-state index is 14.6. The minimum atomic E-state index is -1.48. The lowest BCUT2D eigenvalue weighted by Gasteiger charge is -2.31. The van der Waals surface area contributed by atoms with Crippen molar-refractivity contribution in [1.82, 2.24) is 10.9 Å². The Morgan fingerprint density at radius 1 is 1.00 bits per heavy atom. The molecule has 0 saturated heterocycles. The molecule has 0 aliphatic carbocycles. The van der Waals surface area contributed by atoms with Crippen molar-refractivity contribution in [3.8, 4) is 17.2 Å². The van der Waals surface area contributed by atoms with Crippen molar-refractivity contribution in [2.24, 2.45) is 10.1 Å². The fourth-order valence-corrected chi connectivity index (χ4v) is 5.58. The third-order valence-corrected chi connectivity index (χ3v) is 8.12. The number of rotatable bonds is 17. The summed E-state index contributed by atoms with van der Waals surface area (Å²) in [7, 11) is 3.15. The van der Waals surface area contributed by atoms with Gasteiger partial charge in [0.15, 0.2) is 11.6 Å². The first-order chi connectivity index (χ1) is 24.5. The largest absolute Gasteiger partial charge is 0.497 e. The zero-order valence-corrected chi connectivity index (χ0v) is 28.0. The zero-order valence-electron chi connectivity index (χ0n) is 28.0. The van der Waals surface area contributed by atoms with Crippen molar-refractivity contribution in [2.45, 2.75) is 37.6 Å². The molecular weight excluding hydrogens is 636 g/mol. The highest BCUT2D eigenvalue weighted by molar-refractivity contribution is 6.01. The van der Waals surface area contributed by atoms with Gasteiger partial charge < -0.3 is 24.1 Å². The third kappa shape index (κ3) is 8.80. The number of aliphatic hydroxyl groups is 1. The summed E-state index contributed by atoms with van der Waals surface area (Å²) in [5, 5.41) is 12.9. The lowest BCUT2D eigenvalue weighted by Crippen LogP contribution is -2.52. The van der Waals surface area contributed by atoms with E-state index >= 15 is 0 Å². The molecular formula is C38H40N6O6. The monoisotopic (exact) mass is 676 g/mol. The molecule has 1 heterocycles. The van der Waals surface area contributed by atoms with Crippen LogP contribution in [0.2, 0.25) is 0 Å². The van der Waals surface area contributed by atoms with E-state index in [0.29, 0.717) is 47.0 Å². The van der Waals surface area contributed by atoms with E-state index in [-0.39, 0.29) is 32.0 Å². The second kappa shape index (κ2) is 17.5. The molecule has 12 nitrogen and oxygen atoms in total. The number of amides is 1. The highest BCUT2D eigenvalue weighted by atomic mass is 16.5. The van der Waals surface area contributed by atoms with Crippen molar-refractivity contribution in [3.63, 3.8) is 0 Å². The van der Waals surface area contributed by atoms with Crippen molar-refractivity contribution < 1.29 is 28.8 Å². The van der Waals surface area contributed by atoms with Gasteiger partial charge in [0.25, 0.3) is 5.91 Å². The van der Waals surface area contributed by atoms with Gasteiger partial charge in [0.05, 0.1) is 27.4 Å². The first kappa shape index (κ1) is 35.5. The highest BCUT2D eigenvalue weighted by Gasteiger charge is 2.53. The van der Waals surface area contributed by atoms with Gasteiger partial charge in [-0.15, -0.1) is 0 Å². The van der Waals surface area contributed by atoms with Crippen LogP contribution in [0.25, 0.3) is 16.5 Å². The fraction of sp³-hybridized carbons (Fsp3) is 0.263. The smallest absolute Gasteiger partial charge is 0.266 e. The quantitative estimate of drug-likeness (QED) is 0.0381. The van der Waals surface area contributed by atoms with Crippen LogP contribution in [0.15, 0.2) is 113 Å². The van der Waals surface area contributed by atoms with E-state index in [1.165, 1.54) is 0 Å². The van der Waals surface area contributed by atoms with Crippen LogP contribution >= 0.6 is 0 Å². The second-order valence-electron chi connectivity index (χ2n) is 11.4. The summed E-state index contributed by atoms with van der Waals surface area (Å²) in [6.45, 7) is 0.748. The molecule has 4 aromatic carbocycles. The van der Waals surface area contributed by atoms with Crippen LogP contribution in [0.1, 0.15) is 46.8 Å². The van der Waals surface area contributed by atoms with E-state index in [2.05, 4.69) is 20.9 Å². The Hall–Kier alpha value is -5.81. The highest BCUT2D eigenvalue weighted by Crippen LogP contribution is 2.44. The van der Waals surface area contributed by atoms with E-state index in [1.807, 2.05) is 91.0 Å². The SMILES string of the molecule is COc1cc(CNNC(=O)[C@@]2(C/C=C/c3ccccc3)N=C(c3ccc(OCCCO)cc3)O[C@H]2c2ccccc2CN=[N+]=[N-])cc(OC)c1. The van der Waals surface area contributed by atoms with Crippen LogP contribution in [-0.4, -0.2) is 49.9 Å². The van der Waals surface area contributed by atoms with Gasteiger partial charge in [-0.2, -0.15) is 0 Å². The molecule has 4 aromatic rings. The van der Waals surface area contributed by atoms with E-state index in [4.69, 9.17) is 34.6 Å². The van der Waals surface area contributed by atoms with Gasteiger partial charge >= 0.3 is 0 Å². The molecule has 0 aromatic heterocycles. The molecule has 2 atom stereocenters. The van der Waals surface area contributed by atoms with Crippen LogP contribution in [0.3, 0.4) is 0 Å². The molecule has 0 bridgehead atoms. The molecule has 258 valence electrons. The minimum Gasteiger partial charge on any atom is -0.497 e. The molecule has 0 fully saturated rings. The van der Waals surface area contributed by atoms with Crippen LogP contribution in [0.4, 0.5) is 0 Å². The number of aliphatic hydroxyl groups excluding tert-OH is 1. The molecule has 50 heavy (non-hydrogen) atoms. The minimum absolute atomic E-state index is 0.0384. The molecule has 3 N–H and O–H groups in total. The lowest BCUT2D eigenvalue weighted by molar-refractivity contribution is -0.129. The number of carbonyl (C=O) groups excluding carboxylic acids is 1. The van der Waals surface area contributed by atoms with Crippen LogP contribution in [0.5, 0.6) is 17.2 Å². The number of carbonyl (C=O) groups is 1. The number of azide groups is 1. The normalized spacial score (nSPS) is 16.6. The zero-order chi connectivity index (χ0) is 35.2. The Labute approximate surface area is 291 Å². The molecule has 1 aliphatic heterocycles. The number of hydrogen-bond acceptors (Lipinski definition) is 9. The summed E-state index contributed by atoms with van der Waals surface area (Å²) in [5.74, 6) is 1.72. The topological polar surface area (TPSA) is 159 Å². The van der Waals surface area contributed by atoms with E-state index in [9.17, 15) is 4.79 Å². The molecule has 0 unspecified atom stereocenters. The van der Waals surface area contributed by atoms with E-state index < -0.39 is 17.6 Å². The molecule has 0 radical (unpaired) electrons. The average Bonchev–Trinajstić information content (AvgIpc) is 3.55. The predicted octanol–water partition coefficient (Wildman–Crippen LogP) is 6.46. The Bertz CT molecular complexity index is 1820. The number of nitrogens with one attached hydrogen (secondary N) is 2. The van der Waals surface area contributed by atoms with Gasteiger partial charge in [-0.05, 0) is 64.2 Å². The Morgan fingerprint density at radius 2 is 1.72 bits per heavy atom. The van der Waals surface area contributed by atoms with Crippen molar-refractivity contribution in [3.05, 3.63) is 141 Å². The molecule has 1 amide bonds. The number of nitrogens with zero attached hydrogens (tertiary/aromatic N) is 4. The van der Waals surface area contributed by atoms with Crippen molar-refractivity contribution >= 4 is 17.9 Å². The Balaban J connectivity index is 1.53. The summed E-state index contributed by atoms with van der Waals surface area (Å²) in [5.41, 5.74) is 17.4. The molecule has 5 rings (SSSR count).